The Labute approximate surface area is 340 Å². The second kappa shape index (κ2) is 20.7. The molecule has 0 aliphatic rings. The summed E-state index contributed by atoms with van der Waals surface area (Å²) in [4.78, 5) is 54.0. The van der Waals surface area contributed by atoms with Crippen LogP contribution in [0.3, 0.4) is 0 Å². The van der Waals surface area contributed by atoms with E-state index >= 15 is 4.39 Å². The van der Waals surface area contributed by atoms with Gasteiger partial charge in [-0.05, 0) is 66.0 Å². The van der Waals surface area contributed by atoms with E-state index in [-0.39, 0.29) is 37.1 Å². The smallest absolute Gasteiger partial charge is 0.408 e. The first-order valence-electron chi connectivity index (χ1n) is 19.6. The largest absolute Gasteiger partial charge is 0.445 e. The van der Waals surface area contributed by atoms with Crippen molar-refractivity contribution in [3.8, 4) is 11.1 Å². The number of aromatic nitrogens is 1. The molecule has 0 radical (unpaired) electrons. The molecule has 3 aromatic carbocycles. The van der Waals surface area contributed by atoms with Gasteiger partial charge in [0.15, 0.2) is 0 Å². The Balaban J connectivity index is 1.44. The molecule has 312 valence electrons. The Morgan fingerprint density at radius 3 is 2.09 bits per heavy atom. The minimum absolute atomic E-state index is 0.0411. The molecule has 4 aromatic rings. The highest BCUT2D eigenvalue weighted by molar-refractivity contribution is 5.91. The summed E-state index contributed by atoms with van der Waals surface area (Å²) >= 11 is 0. The van der Waals surface area contributed by atoms with Crippen LogP contribution in [0.5, 0.6) is 0 Å². The van der Waals surface area contributed by atoms with Gasteiger partial charge in [0.2, 0.25) is 17.7 Å². The number of hydrogen-bond donors (Lipinski definition) is 4. The minimum Gasteiger partial charge on any atom is -0.445 e. The molecule has 0 saturated carbocycles. The van der Waals surface area contributed by atoms with E-state index in [1.165, 1.54) is 0 Å². The van der Waals surface area contributed by atoms with E-state index in [4.69, 9.17) is 4.74 Å². The normalized spacial score (nSPS) is 13.6. The number of nitrogens with one attached hydrogen (secondary N) is 3. The number of rotatable bonds is 18. The molecule has 0 bridgehead atoms. The average Bonchev–Trinajstić information content (AvgIpc) is 3.59. The monoisotopic (exact) mass is 801 g/mol. The minimum atomic E-state index is -0.944. The molecule has 0 saturated heterocycles. The van der Waals surface area contributed by atoms with E-state index in [2.05, 4.69) is 16.0 Å². The van der Waals surface area contributed by atoms with Crippen LogP contribution in [0.15, 0.2) is 91.1 Å². The lowest BCUT2D eigenvalue weighted by molar-refractivity contribution is -0.139. The number of carbonyl (C=O) groups excluding carboxylic acids is 4. The molecule has 4 rings (SSSR count). The van der Waals surface area contributed by atoms with Crippen LogP contribution in [-0.2, 0) is 32.3 Å². The maximum absolute atomic E-state index is 15.1. The number of alkyl carbamates (subject to hydrolysis) is 1. The molecule has 0 spiro atoms. The van der Waals surface area contributed by atoms with Crippen molar-refractivity contribution < 1.29 is 37.8 Å². The molecule has 0 fully saturated rings. The van der Waals surface area contributed by atoms with E-state index in [1.807, 2.05) is 92.9 Å². The van der Waals surface area contributed by atoms with Crippen molar-refractivity contribution in [2.24, 2.45) is 17.3 Å². The molecule has 1 unspecified atom stereocenters. The molecule has 58 heavy (non-hydrogen) atoms. The number of hydrogen-bond acceptors (Lipinski definition) is 6. The number of aliphatic hydroxyl groups excluding tert-OH is 1. The lowest BCUT2D eigenvalue weighted by Crippen LogP contribution is -2.54. The highest BCUT2D eigenvalue weighted by Crippen LogP contribution is 2.41. The molecular formula is C45H57F2N5O6. The average molecular weight is 802 g/mol. The predicted octanol–water partition coefficient (Wildman–Crippen LogP) is 6.99. The second-order valence-corrected chi connectivity index (χ2v) is 16.2. The van der Waals surface area contributed by atoms with E-state index in [1.54, 1.807) is 37.9 Å². The van der Waals surface area contributed by atoms with Gasteiger partial charge in [0.05, 0.1) is 6.04 Å². The van der Waals surface area contributed by atoms with Crippen molar-refractivity contribution in [3.05, 3.63) is 120 Å². The Morgan fingerprint density at radius 2 is 1.48 bits per heavy atom. The van der Waals surface area contributed by atoms with Gasteiger partial charge in [-0.15, -0.1) is 0 Å². The standard InChI is InChI=1S/C45H57F2N5O6/c1-29(2)40(50-44(57)58-28-33-16-12-9-13-17-33)43(56)49-31(4)42(55)48-24-30(3)20-21-52(39(54)27-53)41(45(5,6)7)38-22-34(36-23-35(46)18-19-37(36)47)26-51(38)25-32-14-10-8-11-15-32/h8-19,22-23,26,29-31,40-41,53H,20-21,24-25,27-28H2,1-7H3,(H,48,55)(H,49,56)(H,50,57)/t30?,31-,40-,41-/m0/s1. The summed E-state index contributed by atoms with van der Waals surface area (Å²) < 4.78 is 36.7. The van der Waals surface area contributed by atoms with E-state index < -0.39 is 65.6 Å². The number of halogens is 2. The summed E-state index contributed by atoms with van der Waals surface area (Å²) in [6, 6.07) is 21.4. The van der Waals surface area contributed by atoms with Crippen LogP contribution >= 0.6 is 0 Å². The highest BCUT2D eigenvalue weighted by Gasteiger charge is 2.37. The zero-order chi connectivity index (χ0) is 42.6. The van der Waals surface area contributed by atoms with Gasteiger partial charge in [-0.25, -0.2) is 13.6 Å². The summed E-state index contributed by atoms with van der Waals surface area (Å²) in [5, 5.41) is 18.3. The van der Waals surface area contributed by atoms with Crippen LogP contribution in [0, 0.1) is 28.9 Å². The molecular weight excluding hydrogens is 745 g/mol. The quantitative estimate of drug-likeness (QED) is 0.0856. The molecule has 0 aliphatic carbocycles. The first-order chi connectivity index (χ1) is 27.5. The van der Waals surface area contributed by atoms with Crippen molar-refractivity contribution in [2.45, 2.75) is 86.2 Å². The topological polar surface area (TPSA) is 142 Å². The third-order valence-electron chi connectivity index (χ3n) is 9.91. The third-order valence-corrected chi connectivity index (χ3v) is 9.91. The van der Waals surface area contributed by atoms with Crippen molar-refractivity contribution >= 4 is 23.8 Å². The summed E-state index contributed by atoms with van der Waals surface area (Å²) in [6.45, 7) is 13.1. The fraction of sp³-hybridized carbons (Fsp3) is 0.422. The Kier molecular flexibility index (Phi) is 16.1. The number of ether oxygens (including phenoxy) is 1. The molecule has 0 aliphatic heterocycles. The predicted molar refractivity (Wildman–Crippen MR) is 219 cm³/mol. The second-order valence-electron chi connectivity index (χ2n) is 16.2. The highest BCUT2D eigenvalue weighted by atomic mass is 19.1. The molecule has 13 heteroatoms. The fourth-order valence-corrected chi connectivity index (χ4v) is 6.79. The summed E-state index contributed by atoms with van der Waals surface area (Å²) in [5.74, 6) is -3.06. The van der Waals surface area contributed by atoms with Gasteiger partial charge < -0.3 is 35.3 Å². The fourth-order valence-electron chi connectivity index (χ4n) is 6.79. The van der Waals surface area contributed by atoms with Crippen LogP contribution in [0.1, 0.15) is 77.7 Å². The maximum atomic E-state index is 15.1. The van der Waals surface area contributed by atoms with Crippen molar-refractivity contribution in [3.63, 3.8) is 0 Å². The molecule has 4 N–H and O–H groups in total. The molecule has 1 aromatic heterocycles. The third kappa shape index (κ3) is 12.7. The number of nitrogens with zero attached hydrogens (tertiary/aromatic N) is 2. The van der Waals surface area contributed by atoms with Crippen molar-refractivity contribution in [1.82, 2.24) is 25.4 Å². The Hall–Kier alpha value is -5.56. The zero-order valence-electron chi connectivity index (χ0n) is 34.4. The van der Waals surface area contributed by atoms with Crippen molar-refractivity contribution in [1.29, 1.82) is 0 Å². The van der Waals surface area contributed by atoms with Crippen LogP contribution in [0.4, 0.5) is 13.6 Å². The Morgan fingerprint density at radius 1 is 0.845 bits per heavy atom. The summed E-state index contributed by atoms with van der Waals surface area (Å²) in [7, 11) is 0. The summed E-state index contributed by atoms with van der Waals surface area (Å²) in [5.41, 5.74) is 2.40. The number of benzene rings is 3. The van der Waals surface area contributed by atoms with E-state index in [0.29, 0.717) is 24.2 Å². The molecule has 4 atom stereocenters. The number of aliphatic hydroxyl groups is 1. The van der Waals surface area contributed by atoms with Gasteiger partial charge in [0.25, 0.3) is 0 Å². The molecule has 1 heterocycles. The number of carbonyl (C=O) groups is 4. The van der Waals surface area contributed by atoms with Gasteiger partial charge in [0.1, 0.15) is 36.9 Å². The first-order valence-corrected chi connectivity index (χ1v) is 19.6. The number of amides is 4. The maximum Gasteiger partial charge on any atom is 0.408 e. The SMILES string of the molecule is CC(CCN(C(=O)CO)[C@@H](c1cc(-c2cc(F)ccc2F)cn1Cc1ccccc1)C(C)(C)C)CNC(=O)[C@H](C)NC(=O)[C@@H](NC(=O)OCc1ccccc1)C(C)C. The van der Waals surface area contributed by atoms with Gasteiger partial charge in [-0.2, -0.15) is 0 Å². The van der Waals surface area contributed by atoms with Crippen molar-refractivity contribution in [2.75, 3.05) is 19.7 Å². The van der Waals surface area contributed by atoms with E-state index in [9.17, 15) is 28.7 Å². The molecule has 4 amide bonds. The first kappa shape index (κ1) is 45.1. The van der Waals surface area contributed by atoms with Gasteiger partial charge in [0, 0.05) is 42.7 Å². The van der Waals surface area contributed by atoms with Crippen LogP contribution in [-0.4, -0.2) is 70.2 Å². The lowest BCUT2D eigenvalue weighted by Gasteiger charge is -2.41. The summed E-state index contributed by atoms with van der Waals surface area (Å²) in [6.07, 6.45) is 1.45. The Bertz CT molecular complexity index is 1980. The van der Waals surface area contributed by atoms with Gasteiger partial charge >= 0.3 is 6.09 Å². The van der Waals surface area contributed by atoms with Gasteiger partial charge in [-0.1, -0.05) is 102 Å². The van der Waals surface area contributed by atoms with E-state index in [0.717, 1.165) is 29.3 Å². The van der Waals surface area contributed by atoms with Crippen LogP contribution < -0.4 is 16.0 Å². The molecule has 11 nitrogen and oxygen atoms in total. The van der Waals surface area contributed by atoms with Crippen LogP contribution in [0.2, 0.25) is 0 Å². The van der Waals surface area contributed by atoms with Gasteiger partial charge in [-0.3, -0.25) is 14.4 Å². The van der Waals surface area contributed by atoms with Crippen LogP contribution in [0.25, 0.3) is 11.1 Å². The zero-order valence-corrected chi connectivity index (χ0v) is 34.4. The lowest BCUT2D eigenvalue weighted by atomic mass is 9.82.